The predicted octanol–water partition coefficient (Wildman–Crippen LogP) is 2.85. The minimum absolute atomic E-state index is 0.0121. The van der Waals surface area contributed by atoms with Gasteiger partial charge in [-0.2, -0.15) is 0 Å². The molecule has 27 heavy (non-hydrogen) atoms. The number of nitrogens with one attached hydrogen (secondary N) is 2. The Morgan fingerprint density at radius 2 is 1.89 bits per heavy atom. The van der Waals surface area contributed by atoms with E-state index >= 15 is 0 Å². The van der Waals surface area contributed by atoms with E-state index in [0.29, 0.717) is 19.0 Å². The monoisotopic (exact) mass is 377 g/mol. The Kier molecular flexibility index (Phi) is 8.23. The van der Waals surface area contributed by atoms with Crippen LogP contribution in [0.5, 0.6) is 0 Å². The smallest absolute Gasteiger partial charge is 0.237 e. The van der Waals surface area contributed by atoms with Crippen LogP contribution in [-0.4, -0.2) is 41.9 Å². The van der Waals surface area contributed by atoms with E-state index in [0.717, 1.165) is 24.8 Å². The molecule has 1 aromatic carbocycles. The summed E-state index contributed by atoms with van der Waals surface area (Å²) >= 11 is 0. The van der Waals surface area contributed by atoms with Gasteiger partial charge in [0.05, 0.1) is 12.6 Å². The summed E-state index contributed by atoms with van der Waals surface area (Å²) in [5, 5.41) is 6.00. The highest BCUT2D eigenvalue weighted by molar-refractivity contribution is 5.83. The van der Waals surface area contributed by atoms with E-state index in [-0.39, 0.29) is 36.3 Å². The van der Waals surface area contributed by atoms with Crippen LogP contribution in [0.4, 0.5) is 4.39 Å². The first-order chi connectivity index (χ1) is 12.9. The molecule has 0 radical (unpaired) electrons. The zero-order chi connectivity index (χ0) is 19.8. The molecule has 2 N–H and O–H groups in total. The summed E-state index contributed by atoms with van der Waals surface area (Å²) in [5.74, 6) is 0.0483. The number of rotatable bonds is 8. The van der Waals surface area contributed by atoms with Crippen LogP contribution < -0.4 is 10.6 Å². The predicted molar refractivity (Wildman–Crippen MR) is 105 cm³/mol. The molecule has 1 aliphatic carbocycles. The number of carbonyl (C=O) groups is 2. The van der Waals surface area contributed by atoms with Crippen LogP contribution in [0.2, 0.25) is 0 Å². The second-order valence-electron chi connectivity index (χ2n) is 7.52. The van der Waals surface area contributed by atoms with Gasteiger partial charge >= 0.3 is 0 Å². The SMILES string of the molecule is CCN(CC(=O)NCc1ccc(F)cc1)C(C)C(=O)NC1CCCCC1C. The Morgan fingerprint density at radius 1 is 1.22 bits per heavy atom. The Morgan fingerprint density at radius 3 is 2.52 bits per heavy atom. The minimum Gasteiger partial charge on any atom is -0.352 e. The molecular formula is C21H32FN3O2. The van der Waals surface area contributed by atoms with Gasteiger partial charge in [-0.3, -0.25) is 14.5 Å². The van der Waals surface area contributed by atoms with Gasteiger partial charge in [0, 0.05) is 12.6 Å². The minimum atomic E-state index is -0.360. The van der Waals surface area contributed by atoms with Gasteiger partial charge in [0.1, 0.15) is 5.82 Å². The summed E-state index contributed by atoms with van der Waals surface area (Å²) < 4.78 is 12.9. The lowest BCUT2D eigenvalue weighted by molar-refractivity contribution is -0.129. The number of halogens is 1. The van der Waals surface area contributed by atoms with Crippen LogP contribution in [0.15, 0.2) is 24.3 Å². The molecule has 0 saturated heterocycles. The van der Waals surface area contributed by atoms with E-state index in [9.17, 15) is 14.0 Å². The highest BCUT2D eigenvalue weighted by atomic mass is 19.1. The van der Waals surface area contributed by atoms with Crippen molar-refractivity contribution in [1.29, 1.82) is 0 Å². The van der Waals surface area contributed by atoms with Crippen molar-refractivity contribution in [2.75, 3.05) is 13.1 Å². The summed E-state index contributed by atoms with van der Waals surface area (Å²) in [6.07, 6.45) is 4.58. The standard InChI is InChI=1S/C21H32FN3O2/c1-4-25(14-20(26)23-13-17-9-11-18(22)12-10-17)16(3)21(27)24-19-8-6-5-7-15(19)2/h9-12,15-16,19H,4-8,13-14H2,1-3H3,(H,23,26)(H,24,27). The van der Waals surface area contributed by atoms with Crippen molar-refractivity contribution >= 4 is 11.8 Å². The van der Waals surface area contributed by atoms with Crippen LogP contribution in [0.1, 0.15) is 52.0 Å². The lowest BCUT2D eigenvalue weighted by Gasteiger charge is -2.33. The molecule has 3 atom stereocenters. The molecule has 0 aliphatic heterocycles. The van der Waals surface area contributed by atoms with Crippen LogP contribution in [0, 0.1) is 11.7 Å². The lowest BCUT2D eigenvalue weighted by atomic mass is 9.86. The normalized spacial score (nSPS) is 20.9. The van der Waals surface area contributed by atoms with Gasteiger partial charge in [-0.05, 0) is 49.9 Å². The molecule has 2 amide bonds. The van der Waals surface area contributed by atoms with E-state index in [2.05, 4.69) is 17.6 Å². The molecule has 0 aromatic heterocycles. The molecule has 0 bridgehead atoms. The molecule has 3 unspecified atom stereocenters. The van der Waals surface area contributed by atoms with Gasteiger partial charge in [-0.25, -0.2) is 4.39 Å². The van der Waals surface area contributed by atoms with Crippen molar-refractivity contribution in [3.8, 4) is 0 Å². The topological polar surface area (TPSA) is 61.4 Å². The molecule has 150 valence electrons. The molecule has 2 rings (SSSR count). The maximum Gasteiger partial charge on any atom is 0.237 e. The third-order valence-electron chi connectivity index (χ3n) is 5.52. The van der Waals surface area contributed by atoms with Gasteiger partial charge in [0.2, 0.25) is 11.8 Å². The number of benzene rings is 1. The summed E-state index contributed by atoms with van der Waals surface area (Å²) in [6.45, 7) is 7.09. The number of nitrogens with zero attached hydrogens (tertiary/aromatic N) is 1. The average Bonchev–Trinajstić information content (AvgIpc) is 2.66. The van der Waals surface area contributed by atoms with Crippen molar-refractivity contribution in [3.05, 3.63) is 35.6 Å². The van der Waals surface area contributed by atoms with Gasteiger partial charge in [0.15, 0.2) is 0 Å². The van der Waals surface area contributed by atoms with Gasteiger partial charge < -0.3 is 10.6 Å². The molecule has 1 saturated carbocycles. The van der Waals surface area contributed by atoms with Crippen molar-refractivity contribution in [2.24, 2.45) is 5.92 Å². The second kappa shape index (κ2) is 10.4. The first kappa shape index (κ1) is 21.4. The Balaban J connectivity index is 1.82. The van der Waals surface area contributed by atoms with Gasteiger partial charge in [0.25, 0.3) is 0 Å². The van der Waals surface area contributed by atoms with E-state index in [4.69, 9.17) is 0 Å². The second-order valence-corrected chi connectivity index (χ2v) is 7.52. The van der Waals surface area contributed by atoms with E-state index in [1.165, 1.54) is 18.6 Å². The average molecular weight is 378 g/mol. The van der Waals surface area contributed by atoms with Crippen molar-refractivity contribution in [3.63, 3.8) is 0 Å². The summed E-state index contributed by atoms with van der Waals surface area (Å²) in [5.41, 5.74) is 0.838. The Hall–Kier alpha value is -1.95. The maximum absolute atomic E-state index is 12.9. The number of hydrogen-bond donors (Lipinski definition) is 2. The fraction of sp³-hybridized carbons (Fsp3) is 0.619. The zero-order valence-corrected chi connectivity index (χ0v) is 16.6. The van der Waals surface area contributed by atoms with E-state index in [1.807, 2.05) is 18.7 Å². The van der Waals surface area contributed by atoms with E-state index < -0.39 is 0 Å². The molecule has 0 spiro atoms. The number of likely N-dealkylation sites (N-methyl/N-ethyl adjacent to an activating group) is 1. The Bertz CT molecular complexity index is 620. The largest absolute Gasteiger partial charge is 0.352 e. The molecule has 5 nitrogen and oxygen atoms in total. The highest BCUT2D eigenvalue weighted by Gasteiger charge is 2.27. The summed E-state index contributed by atoms with van der Waals surface area (Å²) in [4.78, 5) is 26.8. The zero-order valence-electron chi connectivity index (χ0n) is 16.6. The first-order valence-corrected chi connectivity index (χ1v) is 9.96. The lowest BCUT2D eigenvalue weighted by Crippen LogP contribution is -2.52. The fourth-order valence-corrected chi connectivity index (χ4v) is 3.57. The van der Waals surface area contributed by atoms with Crippen LogP contribution in [-0.2, 0) is 16.1 Å². The first-order valence-electron chi connectivity index (χ1n) is 9.96. The molecule has 6 heteroatoms. The van der Waals surface area contributed by atoms with Crippen molar-refractivity contribution in [2.45, 2.75) is 65.1 Å². The number of amides is 2. The highest BCUT2D eigenvalue weighted by Crippen LogP contribution is 2.23. The van der Waals surface area contributed by atoms with Gasteiger partial charge in [-0.15, -0.1) is 0 Å². The van der Waals surface area contributed by atoms with Gasteiger partial charge in [-0.1, -0.05) is 38.8 Å². The van der Waals surface area contributed by atoms with Crippen molar-refractivity contribution < 1.29 is 14.0 Å². The maximum atomic E-state index is 12.9. The molecule has 1 aromatic rings. The third-order valence-corrected chi connectivity index (χ3v) is 5.52. The Labute approximate surface area is 161 Å². The molecular weight excluding hydrogens is 345 g/mol. The number of carbonyl (C=O) groups excluding carboxylic acids is 2. The summed E-state index contributed by atoms with van der Waals surface area (Å²) in [7, 11) is 0. The quantitative estimate of drug-likeness (QED) is 0.732. The summed E-state index contributed by atoms with van der Waals surface area (Å²) in [6, 6.07) is 5.92. The third kappa shape index (κ3) is 6.61. The van der Waals surface area contributed by atoms with Crippen molar-refractivity contribution in [1.82, 2.24) is 15.5 Å². The molecule has 0 heterocycles. The van der Waals surface area contributed by atoms with Crippen LogP contribution in [0.3, 0.4) is 0 Å². The fourth-order valence-electron chi connectivity index (χ4n) is 3.57. The van der Waals surface area contributed by atoms with Crippen LogP contribution in [0.25, 0.3) is 0 Å². The molecule has 1 aliphatic rings. The molecule has 1 fully saturated rings. The number of hydrogen-bond acceptors (Lipinski definition) is 3. The van der Waals surface area contributed by atoms with Crippen LogP contribution >= 0.6 is 0 Å². The van der Waals surface area contributed by atoms with E-state index in [1.54, 1.807) is 12.1 Å².